The van der Waals surface area contributed by atoms with Gasteiger partial charge in [-0.2, -0.15) is 0 Å². The van der Waals surface area contributed by atoms with Gasteiger partial charge >= 0.3 is 0 Å². The van der Waals surface area contributed by atoms with Crippen LogP contribution in [0.2, 0.25) is 0 Å². The lowest BCUT2D eigenvalue weighted by molar-refractivity contribution is -0.117. The van der Waals surface area contributed by atoms with Gasteiger partial charge in [-0.25, -0.2) is 0 Å². The zero-order chi connectivity index (χ0) is 14.5. The topological polar surface area (TPSA) is 41.6 Å². The van der Waals surface area contributed by atoms with Crippen LogP contribution < -0.4 is 10.1 Å². The van der Waals surface area contributed by atoms with E-state index in [0.29, 0.717) is 24.1 Å². The maximum Gasteiger partial charge on any atom is 0.238 e. The van der Waals surface area contributed by atoms with E-state index < -0.39 is 0 Å². The van der Waals surface area contributed by atoms with E-state index >= 15 is 0 Å². The van der Waals surface area contributed by atoms with Gasteiger partial charge in [-0.3, -0.25) is 9.69 Å². The molecule has 0 saturated carbocycles. The van der Waals surface area contributed by atoms with Crippen molar-refractivity contribution in [2.75, 3.05) is 32.1 Å². The molecule has 2 rings (SSSR count). The number of likely N-dealkylation sites (tertiary alicyclic amines) is 1. The molecule has 1 saturated heterocycles. The normalized spacial score (nSPS) is 23.4. The molecular formula is C16H24N2O2. The molecule has 0 aromatic heterocycles. The van der Waals surface area contributed by atoms with E-state index in [1.807, 2.05) is 24.3 Å². The number of para-hydroxylation sites is 2. The monoisotopic (exact) mass is 276 g/mol. The molecule has 0 unspecified atom stereocenters. The van der Waals surface area contributed by atoms with Crippen LogP contribution in [0.15, 0.2) is 24.3 Å². The number of nitrogens with one attached hydrogen (secondary N) is 1. The fourth-order valence-electron chi connectivity index (χ4n) is 3.06. The summed E-state index contributed by atoms with van der Waals surface area (Å²) in [7, 11) is 1.61. The molecule has 1 fully saturated rings. The lowest BCUT2D eigenvalue weighted by atomic mass is 9.92. The predicted molar refractivity (Wildman–Crippen MR) is 81.0 cm³/mol. The third-order valence-electron chi connectivity index (χ3n) is 3.69. The minimum Gasteiger partial charge on any atom is -0.495 e. The van der Waals surface area contributed by atoms with Crippen LogP contribution in [-0.4, -0.2) is 37.6 Å². The maximum absolute atomic E-state index is 12.2. The molecule has 2 atom stereocenters. The third kappa shape index (κ3) is 3.97. The minimum absolute atomic E-state index is 0.0239. The molecule has 110 valence electrons. The molecular weight excluding hydrogens is 252 g/mol. The van der Waals surface area contributed by atoms with E-state index in [0.717, 1.165) is 18.8 Å². The van der Waals surface area contributed by atoms with Crippen LogP contribution in [0.5, 0.6) is 5.75 Å². The highest BCUT2D eigenvalue weighted by Gasteiger charge is 2.23. The fraction of sp³-hybridized carbons (Fsp3) is 0.562. The van der Waals surface area contributed by atoms with E-state index in [-0.39, 0.29) is 5.91 Å². The van der Waals surface area contributed by atoms with Crippen molar-refractivity contribution in [3.8, 4) is 5.75 Å². The standard InChI is InChI=1S/C16H24N2O2/c1-12-8-13(2)10-18(9-12)11-16(19)17-14-6-4-5-7-15(14)20-3/h4-7,12-13H,8-11H2,1-3H3,(H,17,19)/t12-,13-/m1/s1. The van der Waals surface area contributed by atoms with Gasteiger partial charge in [0.15, 0.2) is 0 Å². The van der Waals surface area contributed by atoms with E-state index in [1.54, 1.807) is 7.11 Å². The molecule has 1 aromatic carbocycles. The molecule has 1 aliphatic heterocycles. The maximum atomic E-state index is 12.2. The number of carbonyl (C=O) groups is 1. The van der Waals surface area contributed by atoms with Gasteiger partial charge < -0.3 is 10.1 Å². The first-order chi connectivity index (χ1) is 9.58. The SMILES string of the molecule is COc1ccccc1NC(=O)CN1C[C@H](C)C[C@@H](C)C1. The Bertz CT molecular complexity index is 452. The van der Waals surface area contributed by atoms with Crippen molar-refractivity contribution in [2.24, 2.45) is 11.8 Å². The molecule has 0 bridgehead atoms. The van der Waals surface area contributed by atoms with E-state index in [2.05, 4.69) is 24.1 Å². The molecule has 1 aliphatic rings. The van der Waals surface area contributed by atoms with Crippen molar-refractivity contribution in [3.63, 3.8) is 0 Å². The molecule has 1 N–H and O–H groups in total. The van der Waals surface area contributed by atoms with Crippen molar-refractivity contribution < 1.29 is 9.53 Å². The molecule has 20 heavy (non-hydrogen) atoms. The zero-order valence-electron chi connectivity index (χ0n) is 12.6. The van der Waals surface area contributed by atoms with E-state index in [4.69, 9.17) is 4.74 Å². The summed E-state index contributed by atoms with van der Waals surface area (Å²) in [4.78, 5) is 14.4. The van der Waals surface area contributed by atoms with Crippen LogP contribution in [0.3, 0.4) is 0 Å². The highest BCUT2D eigenvalue weighted by molar-refractivity contribution is 5.93. The van der Waals surface area contributed by atoms with Crippen molar-refractivity contribution in [3.05, 3.63) is 24.3 Å². The van der Waals surface area contributed by atoms with Crippen LogP contribution in [0.25, 0.3) is 0 Å². The largest absolute Gasteiger partial charge is 0.495 e. The molecule has 4 heteroatoms. The Hall–Kier alpha value is -1.55. The number of piperidine rings is 1. The van der Waals surface area contributed by atoms with Crippen LogP contribution in [-0.2, 0) is 4.79 Å². The molecule has 0 spiro atoms. The highest BCUT2D eigenvalue weighted by atomic mass is 16.5. The number of hydrogen-bond donors (Lipinski definition) is 1. The smallest absolute Gasteiger partial charge is 0.238 e. The number of anilines is 1. The van der Waals surface area contributed by atoms with E-state index in [9.17, 15) is 4.79 Å². The second-order valence-corrected chi connectivity index (χ2v) is 5.89. The van der Waals surface area contributed by atoms with Gasteiger partial charge in [-0.05, 0) is 30.4 Å². The lowest BCUT2D eigenvalue weighted by Gasteiger charge is -2.34. The summed E-state index contributed by atoms with van der Waals surface area (Å²) in [6.45, 7) is 6.96. The van der Waals surface area contributed by atoms with Crippen LogP contribution in [0, 0.1) is 11.8 Å². The highest BCUT2D eigenvalue weighted by Crippen LogP contribution is 2.24. The quantitative estimate of drug-likeness (QED) is 0.919. The summed E-state index contributed by atoms with van der Waals surface area (Å²) in [6.07, 6.45) is 1.25. The molecule has 0 aliphatic carbocycles. The zero-order valence-corrected chi connectivity index (χ0v) is 12.6. The van der Waals surface area contributed by atoms with Gasteiger partial charge in [-0.1, -0.05) is 26.0 Å². The second-order valence-electron chi connectivity index (χ2n) is 5.89. The Morgan fingerprint density at radius 1 is 1.30 bits per heavy atom. The Labute approximate surface area is 121 Å². The Morgan fingerprint density at radius 2 is 1.95 bits per heavy atom. The van der Waals surface area contributed by atoms with Crippen LogP contribution >= 0.6 is 0 Å². The Kier molecular flexibility index (Phi) is 5.01. The average Bonchev–Trinajstić information content (AvgIpc) is 2.37. The first-order valence-electron chi connectivity index (χ1n) is 7.23. The summed E-state index contributed by atoms with van der Waals surface area (Å²) in [5.74, 6) is 2.05. The molecule has 4 nitrogen and oxygen atoms in total. The second kappa shape index (κ2) is 6.75. The number of rotatable bonds is 4. The number of ether oxygens (including phenoxy) is 1. The summed E-state index contributed by atoms with van der Waals surface area (Å²) in [5.41, 5.74) is 0.734. The number of amides is 1. The third-order valence-corrected chi connectivity index (χ3v) is 3.69. The average molecular weight is 276 g/mol. The number of nitrogens with zero attached hydrogens (tertiary/aromatic N) is 1. The van der Waals surface area contributed by atoms with Crippen molar-refractivity contribution in [1.82, 2.24) is 4.90 Å². The van der Waals surface area contributed by atoms with Crippen molar-refractivity contribution in [2.45, 2.75) is 20.3 Å². The molecule has 1 heterocycles. The van der Waals surface area contributed by atoms with Gasteiger partial charge in [0.25, 0.3) is 0 Å². The van der Waals surface area contributed by atoms with Gasteiger partial charge in [0.05, 0.1) is 19.3 Å². The Balaban J connectivity index is 1.92. The summed E-state index contributed by atoms with van der Waals surface area (Å²) in [6, 6.07) is 7.49. The van der Waals surface area contributed by atoms with Crippen molar-refractivity contribution >= 4 is 11.6 Å². The fourth-order valence-corrected chi connectivity index (χ4v) is 3.06. The summed E-state index contributed by atoms with van der Waals surface area (Å²) in [5, 5.41) is 2.93. The summed E-state index contributed by atoms with van der Waals surface area (Å²) >= 11 is 0. The van der Waals surface area contributed by atoms with Gasteiger partial charge in [-0.15, -0.1) is 0 Å². The Morgan fingerprint density at radius 3 is 2.60 bits per heavy atom. The number of benzene rings is 1. The lowest BCUT2D eigenvalue weighted by Crippen LogP contribution is -2.42. The number of methoxy groups -OCH3 is 1. The van der Waals surface area contributed by atoms with Crippen LogP contribution in [0.1, 0.15) is 20.3 Å². The number of carbonyl (C=O) groups excluding carboxylic acids is 1. The first-order valence-corrected chi connectivity index (χ1v) is 7.23. The molecule has 1 aromatic rings. The van der Waals surface area contributed by atoms with Gasteiger partial charge in [0.1, 0.15) is 5.75 Å². The van der Waals surface area contributed by atoms with Crippen molar-refractivity contribution in [1.29, 1.82) is 0 Å². The van der Waals surface area contributed by atoms with Gasteiger partial charge in [0.2, 0.25) is 5.91 Å². The van der Waals surface area contributed by atoms with Crippen LogP contribution in [0.4, 0.5) is 5.69 Å². The first kappa shape index (κ1) is 14.9. The molecule has 0 radical (unpaired) electrons. The minimum atomic E-state index is 0.0239. The molecule has 1 amide bonds. The number of hydrogen-bond acceptors (Lipinski definition) is 3. The predicted octanol–water partition coefficient (Wildman–Crippen LogP) is 2.61. The van der Waals surface area contributed by atoms with E-state index in [1.165, 1.54) is 6.42 Å². The van der Waals surface area contributed by atoms with Gasteiger partial charge in [0, 0.05) is 13.1 Å². The summed E-state index contributed by atoms with van der Waals surface area (Å²) < 4.78 is 5.24.